The molecule has 0 saturated heterocycles. The predicted octanol–water partition coefficient (Wildman–Crippen LogP) is 4.45. The number of hydrogen-bond acceptors (Lipinski definition) is 8. The van der Waals surface area contributed by atoms with Gasteiger partial charge in [0.05, 0.1) is 38.9 Å². The van der Waals surface area contributed by atoms with Gasteiger partial charge in [0.1, 0.15) is 0 Å². The molecule has 1 aliphatic heterocycles. The van der Waals surface area contributed by atoms with E-state index in [0.29, 0.717) is 35.8 Å². The van der Waals surface area contributed by atoms with Crippen LogP contribution in [0.3, 0.4) is 0 Å². The number of hydrogen-bond donors (Lipinski definition) is 2. The molecule has 0 amide bonds. The van der Waals surface area contributed by atoms with Crippen LogP contribution in [0.1, 0.15) is 29.5 Å². The molecular weight excluding hydrogens is 550 g/mol. The molecule has 0 aliphatic carbocycles. The lowest BCUT2D eigenvalue weighted by molar-refractivity contribution is -0.138. The van der Waals surface area contributed by atoms with Crippen molar-refractivity contribution < 1.29 is 41.8 Å². The summed E-state index contributed by atoms with van der Waals surface area (Å²) in [6.07, 6.45) is 2.01. The summed E-state index contributed by atoms with van der Waals surface area (Å²) in [4.78, 5) is 13.8. The second kappa shape index (κ2) is 13.7. The Kier molecular flexibility index (Phi) is 10.6. The van der Waals surface area contributed by atoms with Crippen molar-refractivity contribution in [3.63, 3.8) is 0 Å². The van der Waals surface area contributed by atoms with Crippen molar-refractivity contribution in [2.24, 2.45) is 0 Å². The first-order chi connectivity index (χ1) is 19.5. The van der Waals surface area contributed by atoms with Crippen LogP contribution in [0.5, 0.6) is 23.0 Å². The molecule has 0 aromatic heterocycles. The number of carboxylic acid groups (broad SMARTS) is 1. The standard InChI is InChI=1S/C24H31NO6.C6H6O3S/c1-25-11-9-17-13-21(30-4)22(31-5)14-18(17)24(25,10-8-23(26)27)15-16-6-7-19(28-2)20(12-16)29-3;7-10(8,9)6-4-2-1-3-5-6/h6-7,12-14H,8-11,15H2,1-5H3,(H,26,27);1-5H,(H,7,8,9)/t24-;/m1./s1. The predicted molar refractivity (Wildman–Crippen MR) is 154 cm³/mol. The molecule has 41 heavy (non-hydrogen) atoms. The number of methoxy groups -OCH3 is 4. The number of carbonyl (C=O) groups is 1. The van der Waals surface area contributed by atoms with E-state index in [4.69, 9.17) is 23.5 Å². The Balaban J connectivity index is 0.000000389. The summed E-state index contributed by atoms with van der Waals surface area (Å²) in [5, 5.41) is 9.49. The van der Waals surface area contributed by atoms with Gasteiger partial charge < -0.3 is 24.1 Å². The highest BCUT2D eigenvalue weighted by Crippen LogP contribution is 2.45. The molecule has 3 aromatic rings. The van der Waals surface area contributed by atoms with Gasteiger partial charge in [0, 0.05) is 13.0 Å². The summed E-state index contributed by atoms with van der Waals surface area (Å²) in [7, 11) is 4.52. The van der Waals surface area contributed by atoms with Crippen molar-refractivity contribution in [1.82, 2.24) is 4.90 Å². The first-order valence-electron chi connectivity index (χ1n) is 12.9. The molecule has 2 N–H and O–H groups in total. The van der Waals surface area contributed by atoms with E-state index < -0.39 is 21.6 Å². The number of likely N-dealkylation sites (N-methyl/N-ethyl adjacent to an activating group) is 1. The molecule has 0 radical (unpaired) electrons. The molecule has 0 fully saturated rings. The van der Waals surface area contributed by atoms with Crippen LogP contribution >= 0.6 is 0 Å². The first kappa shape index (κ1) is 31.7. The lowest BCUT2D eigenvalue weighted by Crippen LogP contribution is -2.50. The van der Waals surface area contributed by atoms with E-state index in [1.807, 2.05) is 30.3 Å². The third-order valence-electron chi connectivity index (χ3n) is 7.30. The van der Waals surface area contributed by atoms with Gasteiger partial charge in [0.25, 0.3) is 10.1 Å². The van der Waals surface area contributed by atoms with E-state index in [0.717, 1.165) is 29.7 Å². The van der Waals surface area contributed by atoms with Crippen LogP contribution in [0.25, 0.3) is 0 Å². The van der Waals surface area contributed by atoms with Gasteiger partial charge in [-0.2, -0.15) is 8.42 Å². The summed E-state index contributed by atoms with van der Waals surface area (Å²) in [5.41, 5.74) is 2.76. The molecule has 1 atom stereocenters. The largest absolute Gasteiger partial charge is 0.493 e. The molecule has 0 bridgehead atoms. The fraction of sp³-hybridized carbons (Fsp3) is 0.367. The summed E-state index contributed by atoms with van der Waals surface area (Å²) in [6, 6.07) is 17.3. The van der Waals surface area contributed by atoms with Gasteiger partial charge >= 0.3 is 5.97 Å². The molecule has 222 valence electrons. The fourth-order valence-corrected chi connectivity index (χ4v) is 5.65. The smallest absolute Gasteiger partial charge is 0.303 e. The van der Waals surface area contributed by atoms with Crippen LogP contribution < -0.4 is 18.9 Å². The van der Waals surface area contributed by atoms with Gasteiger partial charge in [0.15, 0.2) is 23.0 Å². The highest BCUT2D eigenvalue weighted by Gasteiger charge is 2.42. The van der Waals surface area contributed by atoms with Crippen molar-refractivity contribution in [2.45, 2.75) is 36.1 Å². The van der Waals surface area contributed by atoms with Crippen LogP contribution in [0, 0.1) is 0 Å². The highest BCUT2D eigenvalue weighted by molar-refractivity contribution is 7.85. The van der Waals surface area contributed by atoms with Crippen LogP contribution in [0.15, 0.2) is 65.6 Å². The molecule has 1 aliphatic rings. The zero-order chi connectivity index (χ0) is 30.2. The van der Waals surface area contributed by atoms with E-state index in [-0.39, 0.29) is 11.3 Å². The average Bonchev–Trinajstić information content (AvgIpc) is 2.97. The number of carboxylic acids is 1. The third-order valence-corrected chi connectivity index (χ3v) is 8.16. The van der Waals surface area contributed by atoms with Gasteiger partial charge in [0.2, 0.25) is 0 Å². The van der Waals surface area contributed by atoms with Gasteiger partial charge in [-0.05, 0) is 79.4 Å². The minimum Gasteiger partial charge on any atom is -0.493 e. The molecule has 10 nitrogen and oxygen atoms in total. The van der Waals surface area contributed by atoms with Crippen molar-refractivity contribution in [2.75, 3.05) is 42.0 Å². The minimum absolute atomic E-state index is 0.0609. The Labute approximate surface area is 241 Å². The Bertz CT molecular complexity index is 1440. The molecule has 11 heteroatoms. The summed E-state index contributed by atoms with van der Waals surface area (Å²) < 4.78 is 51.2. The van der Waals surface area contributed by atoms with E-state index >= 15 is 0 Å². The van der Waals surface area contributed by atoms with Gasteiger partial charge in [-0.3, -0.25) is 14.2 Å². The summed E-state index contributed by atoms with van der Waals surface area (Å²) in [5.74, 6) is 1.83. The number of fused-ring (bicyclic) bond motifs is 1. The molecular formula is C30H37NO9S. The molecule has 4 rings (SSSR count). The molecule has 0 saturated carbocycles. The maximum atomic E-state index is 11.6. The molecule has 1 heterocycles. The fourth-order valence-electron chi connectivity index (χ4n) is 5.15. The lowest BCUT2D eigenvalue weighted by atomic mass is 9.73. The van der Waals surface area contributed by atoms with Gasteiger partial charge in [-0.1, -0.05) is 24.3 Å². The van der Waals surface area contributed by atoms with Crippen molar-refractivity contribution in [3.8, 4) is 23.0 Å². The highest BCUT2D eigenvalue weighted by atomic mass is 32.2. The van der Waals surface area contributed by atoms with Crippen LogP contribution in [-0.2, 0) is 33.3 Å². The Morgan fingerprint density at radius 2 is 1.46 bits per heavy atom. The number of ether oxygens (including phenoxy) is 4. The maximum absolute atomic E-state index is 11.6. The maximum Gasteiger partial charge on any atom is 0.303 e. The van der Waals surface area contributed by atoms with Gasteiger partial charge in [-0.15, -0.1) is 0 Å². The quantitative estimate of drug-likeness (QED) is 0.328. The Hall–Kier alpha value is -3.80. The lowest BCUT2D eigenvalue weighted by Gasteiger charge is -2.47. The van der Waals surface area contributed by atoms with E-state index in [2.05, 4.69) is 11.9 Å². The van der Waals surface area contributed by atoms with Crippen LogP contribution in [0.4, 0.5) is 0 Å². The van der Waals surface area contributed by atoms with Crippen molar-refractivity contribution in [3.05, 3.63) is 77.4 Å². The van der Waals surface area contributed by atoms with Crippen LogP contribution in [0.2, 0.25) is 0 Å². The first-order valence-corrected chi connectivity index (χ1v) is 14.3. The normalized spacial score (nSPS) is 16.5. The second-order valence-corrected chi connectivity index (χ2v) is 11.0. The van der Waals surface area contributed by atoms with E-state index in [1.165, 1.54) is 12.1 Å². The van der Waals surface area contributed by atoms with Crippen molar-refractivity contribution >= 4 is 16.1 Å². The number of rotatable bonds is 10. The van der Waals surface area contributed by atoms with Gasteiger partial charge in [-0.25, -0.2) is 0 Å². The van der Waals surface area contributed by atoms with E-state index in [9.17, 15) is 18.3 Å². The number of benzene rings is 3. The zero-order valence-corrected chi connectivity index (χ0v) is 24.7. The zero-order valence-electron chi connectivity index (χ0n) is 23.9. The summed E-state index contributed by atoms with van der Waals surface area (Å²) >= 11 is 0. The molecule has 0 unspecified atom stereocenters. The average molecular weight is 588 g/mol. The van der Waals surface area contributed by atoms with Crippen molar-refractivity contribution in [1.29, 1.82) is 0 Å². The van der Waals surface area contributed by atoms with E-state index in [1.54, 1.807) is 46.6 Å². The Morgan fingerprint density at radius 3 is 2.00 bits per heavy atom. The SMILES string of the molecule is COc1ccc(C[C@]2(CCC(=O)O)c3cc(OC)c(OC)cc3CCN2C)cc1OC.O=S(=O)(O)c1ccccc1. The molecule has 3 aromatic carbocycles. The molecule has 0 spiro atoms. The second-order valence-electron chi connectivity index (χ2n) is 9.62. The van der Waals surface area contributed by atoms with Crippen LogP contribution in [-0.4, -0.2) is 71.0 Å². The minimum atomic E-state index is -4.00. The number of aliphatic carboxylic acids is 1. The third kappa shape index (κ3) is 7.49. The Morgan fingerprint density at radius 1 is 0.878 bits per heavy atom. The summed E-state index contributed by atoms with van der Waals surface area (Å²) in [6.45, 7) is 0.815. The topological polar surface area (TPSA) is 132 Å². The monoisotopic (exact) mass is 587 g/mol. The number of nitrogens with zero attached hydrogens (tertiary/aromatic N) is 1.